The van der Waals surface area contributed by atoms with Gasteiger partial charge in [-0.15, -0.1) is 0 Å². The zero-order chi connectivity index (χ0) is 12.8. The van der Waals surface area contributed by atoms with E-state index in [2.05, 4.69) is 0 Å². The minimum absolute atomic E-state index is 0.00208. The van der Waals surface area contributed by atoms with Gasteiger partial charge in [0.25, 0.3) is 0 Å². The lowest BCUT2D eigenvalue weighted by Crippen LogP contribution is -2.43. The summed E-state index contributed by atoms with van der Waals surface area (Å²) in [6, 6.07) is 0. The van der Waals surface area contributed by atoms with Crippen LogP contribution in [0.1, 0.15) is 27.2 Å². The van der Waals surface area contributed by atoms with Crippen LogP contribution in [0.15, 0.2) is 12.2 Å². The molecular formula is C13H17O4-. The fourth-order valence-corrected chi connectivity index (χ4v) is 2.83. The maximum atomic E-state index is 12.0. The number of esters is 1. The molecule has 4 unspecified atom stereocenters. The molecule has 0 aromatic heterocycles. The number of hydrogen-bond donors (Lipinski definition) is 0. The van der Waals surface area contributed by atoms with Gasteiger partial charge in [0.1, 0.15) is 5.60 Å². The number of carbonyl (C=O) groups is 2. The highest BCUT2D eigenvalue weighted by molar-refractivity contribution is 5.82. The minimum atomic E-state index is -1.14. The molecule has 4 atom stereocenters. The molecule has 0 radical (unpaired) electrons. The van der Waals surface area contributed by atoms with E-state index in [1.54, 1.807) is 20.8 Å². The second-order valence-electron chi connectivity index (χ2n) is 5.85. The first-order valence-electron chi connectivity index (χ1n) is 5.91. The van der Waals surface area contributed by atoms with Crippen LogP contribution in [-0.4, -0.2) is 17.5 Å². The smallest absolute Gasteiger partial charge is 0.310 e. The Labute approximate surface area is 101 Å². The van der Waals surface area contributed by atoms with Crippen LogP contribution >= 0.6 is 0 Å². The number of allylic oxidation sites excluding steroid dienone is 2. The van der Waals surface area contributed by atoms with Crippen molar-refractivity contribution in [2.24, 2.45) is 23.7 Å². The third-order valence-electron chi connectivity index (χ3n) is 3.41. The van der Waals surface area contributed by atoms with Crippen LogP contribution in [0.25, 0.3) is 0 Å². The van der Waals surface area contributed by atoms with Gasteiger partial charge < -0.3 is 14.6 Å². The number of hydrogen-bond acceptors (Lipinski definition) is 4. The minimum Gasteiger partial charge on any atom is -0.550 e. The van der Waals surface area contributed by atoms with Crippen molar-refractivity contribution in [3.8, 4) is 0 Å². The summed E-state index contributed by atoms with van der Waals surface area (Å²) in [4.78, 5) is 23.1. The number of carbonyl (C=O) groups excluding carboxylic acids is 2. The summed E-state index contributed by atoms with van der Waals surface area (Å²) in [7, 11) is 0. The van der Waals surface area contributed by atoms with Gasteiger partial charge in [-0.3, -0.25) is 4.79 Å². The molecular weight excluding hydrogens is 220 g/mol. The van der Waals surface area contributed by atoms with E-state index in [1.165, 1.54) is 0 Å². The van der Waals surface area contributed by atoms with E-state index in [4.69, 9.17) is 4.74 Å². The molecule has 0 aliphatic heterocycles. The molecule has 0 aromatic rings. The molecule has 2 rings (SSSR count). The Morgan fingerprint density at radius 1 is 1.18 bits per heavy atom. The second-order valence-corrected chi connectivity index (χ2v) is 5.85. The molecule has 94 valence electrons. The van der Waals surface area contributed by atoms with Gasteiger partial charge in [-0.05, 0) is 39.0 Å². The van der Waals surface area contributed by atoms with Gasteiger partial charge >= 0.3 is 5.97 Å². The molecule has 2 aliphatic carbocycles. The topological polar surface area (TPSA) is 66.4 Å². The molecule has 0 spiro atoms. The lowest BCUT2D eigenvalue weighted by molar-refractivity contribution is -0.314. The number of fused-ring (bicyclic) bond motifs is 2. The monoisotopic (exact) mass is 237 g/mol. The number of carboxylic acid groups (broad SMARTS) is 1. The molecule has 0 heterocycles. The van der Waals surface area contributed by atoms with Crippen LogP contribution in [0, 0.1) is 23.7 Å². The first kappa shape index (κ1) is 12.1. The van der Waals surface area contributed by atoms with Crippen molar-refractivity contribution in [1.29, 1.82) is 0 Å². The van der Waals surface area contributed by atoms with Crippen LogP contribution in [-0.2, 0) is 14.3 Å². The second kappa shape index (κ2) is 3.86. The Morgan fingerprint density at radius 3 is 2.18 bits per heavy atom. The molecule has 17 heavy (non-hydrogen) atoms. The van der Waals surface area contributed by atoms with E-state index in [1.807, 2.05) is 12.2 Å². The summed E-state index contributed by atoms with van der Waals surface area (Å²) in [5, 5.41) is 11.1. The number of aliphatic carboxylic acids is 1. The van der Waals surface area contributed by atoms with Gasteiger partial charge in [-0.2, -0.15) is 0 Å². The molecule has 0 aromatic carbocycles. The first-order chi connectivity index (χ1) is 7.79. The van der Waals surface area contributed by atoms with Crippen molar-refractivity contribution >= 4 is 11.9 Å². The van der Waals surface area contributed by atoms with Gasteiger partial charge in [0.15, 0.2) is 0 Å². The lowest BCUT2D eigenvalue weighted by Gasteiger charge is -2.30. The molecule has 2 bridgehead atoms. The van der Waals surface area contributed by atoms with Crippen molar-refractivity contribution in [1.82, 2.24) is 0 Å². The first-order valence-corrected chi connectivity index (χ1v) is 5.91. The Hall–Kier alpha value is -1.32. The number of rotatable bonds is 2. The van der Waals surface area contributed by atoms with Crippen LogP contribution in [0.2, 0.25) is 0 Å². The average molecular weight is 237 g/mol. The highest BCUT2D eigenvalue weighted by atomic mass is 16.6. The lowest BCUT2D eigenvalue weighted by atomic mass is 9.83. The summed E-state index contributed by atoms with van der Waals surface area (Å²) in [6.45, 7) is 5.34. The van der Waals surface area contributed by atoms with Gasteiger partial charge in [0.05, 0.1) is 5.92 Å². The van der Waals surface area contributed by atoms with E-state index in [0.29, 0.717) is 0 Å². The zero-order valence-corrected chi connectivity index (χ0v) is 10.3. The molecule has 1 saturated carbocycles. The standard InChI is InChI=1S/C13H18O4/c1-13(2,3)17-12(16)10-8-5-4-7(6-8)9(10)11(14)15/h4-5,7-10H,6H2,1-3H3,(H,14,15)/p-1. The maximum Gasteiger partial charge on any atom is 0.310 e. The molecule has 0 saturated heterocycles. The SMILES string of the molecule is CC(C)(C)OC(=O)C1C2C=CC(C2)C1C(=O)[O-]. The fourth-order valence-electron chi connectivity index (χ4n) is 2.83. The number of carboxylic acids is 1. The highest BCUT2D eigenvalue weighted by Gasteiger charge is 2.50. The van der Waals surface area contributed by atoms with Crippen LogP contribution in [0.3, 0.4) is 0 Å². The third-order valence-corrected chi connectivity index (χ3v) is 3.41. The van der Waals surface area contributed by atoms with E-state index in [-0.39, 0.29) is 11.8 Å². The Balaban J connectivity index is 2.17. The van der Waals surface area contributed by atoms with Crippen molar-refractivity contribution in [3.63, 3.8) is 0 Å². The quantitative estimate of drug-likeness (QED) is 0.518. The maximum absolute atomic E-state index is 12.0. The van der Waals surface area contributed by atoms with E-state index in [9.17, 15) is 14.7 Å². The largest absolute Gasteiger partial charge is 0.550 e. The summed E-state index contributed by atoms with van der Waals surface area (Å²) in [5.41, 5.74) is -0.584. The Kier molecular flexibility index (Phi) is 2.76. The van der Waals surface area contributed by atoms with Crippen LogP contribution in [0.4, 0.5) is 0 Å². The molecule has 2 aliphatic rings. The van der Waals surface area contributed by atoms with Gasteiger partial charge in [-0.1, -0.05) is 12.2 Å². The van der Waals surface area contributed by atoms with Gasteiger partial charge in [0, 0.05) is 11.9 Å². The van der Waals surface area contributed by atoms with Gasteiger partial charge in [-0.25, -0.2) is 0 Å². The van der Waals surface area contributed by atoms with Crippen LogP contribution < -0.4 is 5.11 Å². The third kappa shape index (κ3) is 2.21. The summed E-state index contributed by atoms with van der Waals surface area (Å²) in [6.07, 6.45) is 4.53. The Morgan fingerprint density at radius 2 is 1.71 bits per heavy atom. The van der Waals surface area contributed by atoms with E-state index in [0.717, 1.165) is 6.42 Å². The van der Waals surface area contributed by atoms with Crippen molar-refractivity contribution in [2.75, 3.05) is 0 Å². The summed E-state index contributed by atoms with van der Waals surface area (Å²) >= 11 is 0. The van der Waals surface area contributed by atoms with E-state index < -0.39 is 29.4 Å². The fraction of sp³-hybridized carbons (Fsp3) is 0.692. The molecule has 4 heteroatoms. The predicted octanol–water partition coefficient (Wildman–Crippen LogP) is 0.516. The van der Waals surface area contributed by atoms with E-state index >= 15 is 0 Å². The normalized spacial score (nSPS) is 35.0. The highest BCUT2D eigenvalue weighted by Crippen LogP contribution is 2.48. The molecule has 0 amide bonds. The summed E-state index contributed by atoms with van der Waals surface area (Å²) in [5.74, 6) is -2.92. The van der Waals surface area contributed by atoms with Crippen molar-refractivity contribution < 1.29 is 19.4 Å². The Bertz CT molecular complexity index is 377. The predicted molar refractivity (Wildman–Crippen MR) is 58.6 cm³/mol. The molecule has 0 N–H and O–H groups in total. The molecule has 1 fully saturated rings. The molecule has 4 nitrogen and oxygen atoms in total. The van der Waals surface area contributed by atoms with Crippen molar-refractivity contribution in [2.45, 2.75) is 32.8 Å². The van der Waals surface area contributed by atoms with Crippen molar-refractivity contribution in [3.05, 3.63) is 12.2 Å². The summed E-state index contributed by atoms with van der Waals surface area (Å²) < 4.78 is 5.29. The average Bonchev–Trinajstić information content (AvgIpc) is 2.72. The zero-order valence-electron chi connectivity index (χ0n) is 10.3. The van der Waals surface area contributed by atoms with Gasteiger partial charge in [0.2, 0.25) is 0 Å². The number of ether oxygens (including phenoxy) is 1. The van der Waals surface area contributed by atoms with Crippen LogP contribution in [0.5, 0.6) is 0 Å².